The molecule has 206 valence electrons. The van der Waals surface area contributed by atoms with Crippen LogP contribution in [0.3, 0.4) is 0 Å². The number of pyridine rings is 1. The molecular formula is C29H27FN4O4S2. The maximum atomic E-state index is 13.3. The number of nitrogens with one attached hydrogen (secondary N) is 1. The number of aromatic nitrogens is 1. The van der Waals surface area contributed by atoms with Crippen molar-refractivity contribution in [2.45, 2.75) is 19.9 Å². The second kappa shape index (κ2) is 12.4. The number of amides is 1. The fourth-order valence-electron chi connectivity index (χ4n) is 4.35. The molecule has 2 aromatic carbocycles. The number of rotatable bonds is 9. The van der Waals surface area contributed by atoms with E-state index >= 15 is 0 Å². The average molecular weight is 579 g/mol. The number of methoxy groups -OCH3 is 2. The molecule has 0 saturated carbocycles. The lowest BCUT2D eigenvalue weighted by Crippen LogP contribution is -2.27. The van der Waals surface area contributed by atoms with Crippen molar-refractivity contribution < 1.29 is 18.7 Å². The van der Waals surface area contributed by atoms with Crippen LogP contribution in [-0.2, 0) is 24.8 Å². The summed E-state index contributed by atoms with van der Waals surface area (Å²) in [5.41, 5.74) is 2.30. The van der Waals surface area contributed by atoms with E-state index < -0.39 is 5.56 Å². The summed E-state index contributed by atoms with van der Waals surface area (Å²) < 4.78 is 25.8. The minimum absolute atomic E-state index is 0.000909. The van der Waals surface area contributed by atoms with Crippen molar-refractivity contribution in [2.75, 3.05) is 26.1 Å². The van der Waals surface area contributed by atoms with Crippen LogP contribution in [0.4, 0.5) is 10.2 Å². The molecule has 40 heavy (non-hydrogen) atoms. The molecule has 8 nitrogen and oxygen atoms in total. The normalized spacial score (nSPS) is 14.0. The SMILES string of the molecule is COc1ccc(CCNc2c(/C=C3/SC(=S)N(Cc4ccc(F)cc4)C3=O)c(C)c(C#N)c(=O)n2C)cc1OC. The van der Waals surface area contributed by atoms with Gasteiger partial charge in [0.1, 0.15) is 27.6 Å². The van der Waals surface area contributed by atoms with Gasteiger partial charge in [0.2, 0.25) is 0 Å². The molecule has 1 aliphatic heterocycles. The summed E-state index contributed by atoms with van der Waals surface area (Å²) in [5.74, 6) is 1.06. The second-order valence-corrected chi connectivity index (χ2v) is 10.7. The van der Waals surface area contributed by atoms with E-state index in [0.29, 0.717) is 50.6 Å². The van der Waals surface area contributed by atoms with Gasteiger partial charge in [-0.05, 0) is 60.4 Å². The van der Waals surface area contributed by atoms with Crippen LogP contribution in [0.1, 0.15) is 27.8 Å². The first-order valence-electron chi connectivity index (χ1n) is 12.3. The van der Waals surface area contributed by atoms with Gasteiger partial charge in [0.25, 0.3) is 11.5 Å². The molecule has 0 bridgehead atoms. The maximum Gasteiger partial charge on any atom is 0.270 e. The number of nitrogens with zero attached hydrogens (tertiary/aromatic N) is 3. The zero-order chi connectivity index (χ0) is 29.0. The van der Waals surface area contributed by atoms with E-state index in [2.05, 4.69) is 5.32 Å². The Morgan fingerprint density at radius 1 is 1.10 bits per heavy atom. The second-order valence-electron chi connectivity index (χ2n) is 9.00. The molecule has 1 amide bonds. The largest absolute Gasteiger partial charge is 0.493 e. The summed E-state index contributed by atoms with van der Waals surface area (Å²) in [4.78, 5) is 28.1. The molecular weight excluding hydrogens is 551 g/mol. The number of thioether (sulfide) groups is 1. The summed E-state index contributed by atoms with van der Waals surface area (Å²) >= 11 is 6.61. The third kappa shape index (κ3) is 5.88. The number of carbonyl (C=O) groups is 1. The number of anilines is 1. The fraction of sp³-hybridized carbons (Fsp3) is 0.241. The standard InChI is InChI=1S/C29H27FN4O4S2/c1-17-21(14-25-28(36)34(29(39)40-25)16-19-5-8-20(30)9-6-19)26(33(2)27(35)22(17)15-31)32-12-11-18-7-10-23(37-3)24(13-18)38-4/h5-10,13-14,32H,11-12,16H2,1-4H3/b25-14+. The molecule has 1 saturated heterocycles. The number of thiocarbonyl (C=S) groups is 1. The lowest BCUT2D eigenvalue weighted by molar-refractivity contribution is -0.122. The van der Waals surface area contributed by atoms with Gasteiger partial charge in [0.05, 0.1) is 25.7 Å². The van der Waals surface area contributed by atoms with Crippen molar-refractivity contribution in [2.24, 2.45) is 7.05 Å². The van der Waals surface area contributed by atoms with Gasteiger partial charge in [0, 0.05) is 19.2 Å². The molecule has 4 rings (SSSR count). The highest BCUT2D eigenvalue weighted by molar-refractivity contribution is 8.26. The highest BCUT2D eigenvalue weighted by Crippen LogP contribution is 2.36. The van der Waals surface area contributed by atoms with E-state index in [9.17, 15) is 19.2 Å². The van der Waals surface area contributed by atoms with Crippen LogP contribution < -0.4 is 20.3 Å². The Balaban J connectivity index is 1.64. The smallest absolute Gasteiger partial charge is 0.270 e. The molecule has 1 aliphatic rings. The number of carbonyl (C=O) groups excluding carboxylic acids is 1. The summed E-state index contributed by atoms with van der Waals surface area (Å²) in [6.45, 7) is 2.35. The van der Waals surface area contributed by atoms with Crippen LogP contribution in [0, 0.1) is 24.1 Å². The molecule has 11 heteroatoms. The Labute approximate surface area is 241 Å². The fourth-order valence-corrected chi connectivity index (χ4v) is 5.58. The van der Waals surface area contributed by atoms with Gasteiger partial charge in [-0.25, -0.2) is 4.39 Å². The van der Waals surface area contributed by atoms with Crippen LogP contribution in [0.2, 0.25) is 0 Å². The highest BCUT2D eigenvalue weighted by Gasteiger charge is 2.33. The van der Waals surface area contributed by atoms with Crippen molar-refractivity contribution in [3.05, 3.63) is 91.4 Å². The summed E-state index contributed by atoms with van der Waals surface area (Å²) in [7, 11) is 4.73. The van der Waals surface area contributed by atoms with Crippen molar-refractivity contribution in [1.29, 1.82) is 5.26 Å². The topological polar surface area (TPSA) is 96.6 Å². The summed E-state index contributed by atoms with van der Waals surface area (Å²) in [5, 5.41) is 13.0. The van der Waals surface area contributed by atoms with Gasteiger partial charge in [-0.2, -0.15) is 5.26 Å². The third-order valence-corrected chi connectivity index (χ3v) is 7.93. The first-order chi connectivity index (χ1) is 19.2. The Morgan fingerprint density at radius 3 is 2.42 bits per heavy atom. The Hall–Kier alpha value is -4.14. The molecule has 2 heterocycles. The zero-order valence-corrected chi connectivity index (χ0v) is 24.0. The van der Waals surface area contributed by atoms with Crippen LogP contribution in [-0.4, -0.2) is 40.5 Å². The Morgan fingerprint density at radius 2 is 1.77 bits per heavy atom. The minimum Gasteiger partial charge on any atom is -0.493 e. The lowest BCUT2D eigenvalue weighted by atomic mass is 10.0. The molecule has 1 fully saturated rings. The highest BCUT2D eigenvalue weighted by atomic mass is 32.2. The molecule has 3 aromatic rings. The van der Waals surface area contributed by atoms with Crippen molar-refractivity contribution in [1.82, 2.24) is 9.47 Å². The molecule has 1 N–H and O–H groups in total. The Kier molecular flexibility index (Phi) is 8.92. The van der Waals surface area contributed by atoms with E-state index in [1.165, 1.54) is 21.6 Å². The number of nitriles is 1. The third-order valence-electron chi connectivity index (χ3n) is 6.56. The first-order valence-corrected chi connectivity index (χ1v) is 13.5. The molecule has 0 unspecified atom stereocenters. The van der Waals surface area contributed by atoms with Gasteiger partial charge in [-0.15, -0.1) is 0 Å². The van der Waals surface area contributed by atoms with Crippen LogP contribution in [0.15, 0.2) is 52.2 Å². The zero-order valence-electron chi connectivity index (χ0n) is 22.4. The number of ether oxygens (including phenoxy) is 2. The van der Waals surface area contributed by atoms with E-state index in [1.54, 1.807) is 46.4 Å². The van der Waals surface area contributed by atoms with Crippen LogP contribution in [0.5, 0.6) is 11.5 Å². The van der Waals surface area contributed by atoms with Crippen molar-refractivity contribution >= 4 is 46.1 Å². The van der Waals surface area contributed by atoms with Gasteiger partial charge in [-0.3, -0.25) is 19.1 Å². The number of halogens is 1. The minimum atomic E-state index is -0.436. The van der Waals surface area contributed by atoms with Crippen molar-refractivity contribution in [3.8, 4) is 17.6 Å². The molecule has 0 spiro atoms. The predicted molar refractivity (Wildman–Crippen MR) is 158 cm³/mol. The monoisotopic (exact) mass is 578 g/mol. The number of benzene rings is 2. The van der Waals surface area contributed by atoms with Crippen LogP contribution in [0.25, 0.3) is 6.08 Å². The molecule has 1 aromatic heterocycles. The maximum absolute atomic E-state index is 13.3. The van der Waals surface area contributed by atoms with Gasteiger partial charge >= 0.3 is 0 Å². The van der Waals surface area contributed by atoms with Crippen molar-refractivity contribution in [3.63, 3.8) is 0 Å². The van der Waals surface area contributed by atoms with Gasteiger partial charge in [-0.1, -0.05) is 42.2 Å². The van der Waals surface area contributed by atoms with Crippen LogP contribution >= 0.6 is 24.0 Å². The average Bonchev–Trinajstić information content (AvgIpc) is 3.21. The first kappa shape index (κ1) is 28.9. The van der Waals surface area contributed by atoms with E-state index in [0.717, 1.165) is 22.9 Å². The van der Waals surface area contributed by atoms with Gasteiger partial charge < -0.3 is 14.8 Å². The van der Waals surface area contributed by atoms with E-state index in [1.807, 2.05) is 24.3 Å². The van der Waals surface area contributed by atoms with E-state index in [4.69, 9.17) is 21.7 Å². The summed E-state index contributed by atoms with van der Waals surface area (Å²) in [6.07, 6.45) is 2.27. The predicted octanol–water partition coefficient (Wildman–Crippen LogP) is 4.78. The quantitative estimate of drug-likeness (QED) is 0.286. The lowest BCUT2D eigenvalue weighted by Gasteiger charge is -2.18. The van der Waals surface area contributed by atoms with Gasteiger partial charge in [0.15, 0.2) is 11.5 Å². The molecule has 0 atom stereocenters. The Bertz CT molecular complexity index is 1610. The molecule has 0 radical (unpaired) electrons. The summed E-state index contributed by atoms with van der Waals surface area (Å²) in [6, 6.07) is 13.5. The van der Waals surface area contributed by atoms with E-state index in [-0.39, 0.29) is 23.8 Å². The number of hydrogen-bond acceptors (Lipinski definition) is 8. The number of hydrogen-bond donors (Lipinski definition) is 1. The molecule has 0 aliphatic carbocycles.